The van der Waals surface area contributed by atoms with E-state index < -0.39 is 0 Å². The summed E-state index contributed by atoms with van der Waals surface area (Å²) in [4.78, 5) is 25.0. The van der Waals surface area contributed by atoms with E-state index in [4.69, 9.17) is 4.74 Å². The van der Waals surface area contributed by atoms with Crippen LogP contribution in [0.15, 0.2) is 42.5 Å². The Kier molecular flexibility index (Phi) is 5.49. The minimum Gasteiger partial charge on any atom is -0.489 e. The van der Waals surface area contributed by atoms with Crippen LogP contribution in [0, 0.1) is 25.7 Å². The van der Waals surface area contributed by atoms with Crippen LogP contribution in [-0.4, -0.2) is 17.9 Å². The Labute approximate surface area is 160 Å². The smallest absolute Gasteiger partial charge is 0.228 e. The third kappa shape index (κ3) is 4.67. The van der Waals surface area contributed by atoms with Gasteiger partial charge in [0.2, 0.25) is 11.8 Å². The van der Waals surface area contributed by atoms with Crippen LogP contribution < -0.4 is 15.4 Å². The largest absolute Gasteiger partial charge is 0.489 e. The molecule has 0 heterocycles. The number of anilines is 2. The van der Waals surface area contributed by atoms with Crippen LogP contribution in [0.2, 0.25) is 0 Å². The Morgan fingerprint density at radius 3 is 2.22 bits per heavy atom. The van der Waals surface area contributed by atoms with Crippen LogP contribution in [0.4, 0.5) is 11.4 Å². The predicted octanol–water partition coefficient (Wildman–Crippen LogP) is 4.30. The van der Waals surface area contributed by atoms with Crippen LogP contribution in [0.5, 0.6) is 5.75 Å². The van der Waals surface area contributed by atoms with Crippen molar-refractivity contribution in [1.29, 1.82) is 0 Å². The molecule has 1 aliphatic carbocycles. The number of benzene rings is 2. The number of nitrogens with one attached hydrogen (secondary N) is 2. The summed E-state index contributed by atoms with van der Waals surface area (Å²) in [6, 6.07) is 13.2. The van der Waals surface area contributed by atoms with Gasteiger partial charge in [-0.15, -0.1) is 0 Å². The van der Waals surface area contributed by atoms with Crippen molar-refractivity contribution in [3.05, 3.63) is 53.6 Å². The Morgan fingerprint density at radius 1 is 0.963 bits per heavy atom. The molecule has 3 rings (SSSR count). The SMILES string of the molecule is Cc1ccc(NC(=O)C2CC2C(=O)Nc2ccccc2OC(C)C)c(C)c1. The standard InChI is InChI=1S/C22H26N2O3/c1-13(2)27-20-8-6-5-7-19(20)24-22(26)17-12-16(17)21(25)23-18-10-9-14(3)11-15(18)4/h5-11,13,16-17H,12H2,1-4H3,(H,23,25)(H,24,26). The molecule has 2 amide bonds. The number of rotatable bonds is 6. The van der Waals surface area contributed by atoms with Gasteiger partial charge < -0.3 is 15.4 Å². The topological polar surface area (TPSA) is 67.4 Å². The zero-order chi connectivity index (χ0) is 19.6. The van der Waals surface area contributed by atoms with Crippen molar-refractivity contribution in [2.45, 2.75) is 40.2 Å². The molecular formula is C22H26N2O3. The summed E-state index contributed by atoms with van der Waals surface area (Å²) in [5.74, 6) is -0.200. The van der Waals surface area contributed by atoms with Gasteiger partial charge in [0.05, 0.1) is 23.6 Å². The molecule has 2 unspecified atom stereocenters. The van der Waals surface area contributed by atoms with E-state index >= 15 is 0 Å². The molecule has 2 aromatic carbocycles. The quantitative estimate of drug-likeness (QED) is 0.801. The summed E-state index contributed by atoms with van der Waals surface area (Å²) in [5.41, 5.74) is 3.60. The van der Waals surface area contributed by atoms with Crippen LogP contribution in [0.1, 0.15) is 31.4 Å². The number of carbonyl (C=O) groups is 2. The first kappa shape index (κ1) is 19.0. The van der Waals surface area contributed by atoms with Gasteiger partial charge in [0.1, 0.15) is 5.75 Å². The lowest BCUT2D eigenvalue weighted by atomic mass is 10.1. The molecule has 2 N–H and O–H groups in total. The summed E-state index contributed by atoms with van der Waals surface area (Å²) >= 11 is 0. The van der Waals surface area contributed by atoms with E-state index in [1.807, 2.05) is 70.2 Å². The van der Waals surface area contributed by atoms with E-state index in [0.717, 1.165) is 16.8 Å². The molecule has 2 atom stereocenters. The van der Waals surface area contributed by atoms with Crippen molar-refractivity contribution in [1.82, 2.24) is 0 Å². The molecule has 1 saturated carbocycles. The number of hydrogen-bond acceptors (Lipinski definition) is 3. The number of amides is 2. The summed E-state index contributed by atoms with van der Waals surface area (Å²) in [6.07, 6.45) is 0.579. The molecule has 5 heteroatoms. The maximum Gasteiger partial charge on any atom is 0.228 e. The van der Waals surface area contributed by atoms with Crippen LogP contribution in [-0.2, 0) is 9.59 Å². The zero-order valence-corrected chi connectivity index (χ0v) is 16.2. The molecule has 0 bridgehead atoms. The fourth-order valence-corrected chi connectivity index (χ4v) is 3.11. The molecule has 0 aromatic heterocycles. The number of ether oxygens (including phenoxy) is 1. The summed E-state index contributed by atoms with van der Waals surface area (Å²) in [7, 11) is 0. The van der Waals surface area contributed by atoms with Gasteiger partial charge in [-0.3, -0.25) is 9.59 Å². The Bertz CT molecular complexity index is 860. The van der Waals surface area contributed by atoms with Gasteiger partial charge >= 0.3 is 0 Å². The third-order valence-corrected chi connectivity index (χ3v) is 4.61. The summed E-state index contributed by atoms with van der Waals surface area (Å²) in [6.45, 7) is 7.85. The number of carbonyl (C=O) groups excluding carboxylic acids is 2. The lowest BCUT2D eigenvalue weighted by molar-refractivity contribution is -0.122. The molecule has 5 nitrogen and oxygen atoms in total. The zero-order valence-electron chi connectivity index (χ0n) is 16.2. The molecule has 27 heavy (non-hydrogen) atoms. The fraction of sp³-hybridized carbons (Fsp3) is 0.364. The van der Waals surface area contributed by atoms with Gasteiger partial charge in [-0.05, 0) is 57.9 Å². The number of hydrogen-bond donors (Lipinski definition) is 2. The van der Waals surface area contributed by atoms with Crippen molar-refractivity contribution in [3.63, 3.8) is 0 Å². The van der Waals surface area contributed by atoms with E-state index in [1.165, 1.54) is 0 Å². The summed E-state index contributed by atoms with van der Waals surface area (Å²) in [5, 5.41) is 5.84. The van der Waals surface area contributed by atoms with E-state index in [-0.39, 0.29) is 29.8 Å². The molecular weight excluding hydrogens is 340 g/mol. The van der Waals surface area contributed by atoms with Crippen LogP contribution in [0.3, 0.4) is 0 Å². The molecule has 0 aliphatic heterocycles. The Morgan fingerprint density at radius 2 is 1.59 bits per heavy atom. The molecule has 1 aliphatic rings. The average Bonchev–Trinajstić information content (AvgIpc) is 3.39. The highest BCUT2D eigenvalue weighted by molar-refractivity contribution is 6.03. The van der Waals surface area contributed by atoms with E-state index in [0.29, 0.717) is 17.9 Å². The molecule has 1 fully saturated rings. The van der Waals surface area contributed by atoms with Gasteiger partial charge in [0.25, 0.3) is 0 Å². The second kappa shape index (κ2) is 7.82. The van der Waals surface area contributed by atoms with Crippen LogP contribution in [0.25, 0.3) is 0 Å². The first-order valence-electron chi connectivity index (χ1n) is 9.30. The normalized spacial score (nSPS) is 18.1. The van der Waals surface area contributed by atoms with Gasteiger partial charge in [0.15, 0.2) is 0 Å². The molecule has 0 spiro atoms. The van der Waals surface area contributed by atoms with Crippen molar-refractivity contribution in [2.75, 3.05) is 10.6 Å². The fourth-order valence-electron chi connectivity index (χ4n) is 3.11. The minimum atomic E-state index is -0.303. The minimum absolute atomic E-state index is 0.0141. The van der Waals surface area contributed by atoms with Crippen LogP contribution >= 0.6 is 0 Å². The molecule has 2 aromatic rings. The third-order valence-electron chi connectivity index (χ3n) is 4.61. The maximum atomic E-state index is 12.5. The first-order valence-corrected chi connectivity index (χ1v) is 9.30. The molecule has 142 valence electrons. The maximum absolute atomic E-state index is 12.5. The number of para-hydroxylation sites is 2. The monoisotopic (exact) mass is 366 g/mol. The molecule has 0 radical (unpaired) electrons. The van der Waals surface area contributed by atoms with E-state index in [2.05, 4.69) is 10.6 Å². The first-order chi connectivity index (χ1) is 12.8. The Hall–Kier alpha value is -2.82. The van der Waals surface area contributed by atoms with E-state index in [9.17, 15) is 9.59 Å². The van der Waals surface area contributed by atoms with Crippen molar-refractivity contribution in [3.8, 4) is 5.75 Å². The predicted molar refractivity (Wildman–Crippen MR) is 107 cm³/mol. The Balaban J connectivity index is 1.60. The van der Waals surface area contributed by atoms with Gasteiger partial charge in [0, 0.05) is 5.69 Å². The van der Waals surface area contributed by atoms with Gasteiger partial charge in [-0.25, -0.2) is 0 Å². The van der Waals surface area contributed by atoms with E-state index in [1.54, 1.807) is 0 Å². The van der Waals surface area contributed by atoms with Crippen molar-refractivity contribution in [2.24, 2.45) is 11.8 Å². The number of aryl methyl sites for hydroxylation is 2. The second-order valence-corrected chi connectivity index (χ2v) is 7.41. The molecule has 0 saturated heterocycles. The van der Waals surface area contributed by atoms with Gasteiger partial charge in [-0.2, -0.15) is 0 Å². The highest BCUT2D eigenvalue weighted by Crippen LogP contribution is 2.41. The van der Waals surface area contributed by atoms with Gasteiger partial charge in [-0.1, -0.05) is 29.8 Å². The lowest BCUT2D eigenvalue weighted by Gasteiger charge is -2.14. The van der Waals surface area contributed by atoms with Crippen molar-refractivity contribution < 1.29 is 14.3 Å². The van der Waals surface area contributed by atoms with Crippen molar-refractivity contribution >= 4 is 23.2 Å². The average molecular weight is 366 g/mol. The highest BCUT2D eigenvalue weighted by Gasteiger charge is 2.48. The highest BCUT2D eigenvalue weighted by atomic mass is 16.5. The summed E-state index contributed by atoms with van der Waals surface area (Å²) < 4.78 is 5.73. The second-order valence-electron chi connectivity index (χ2n) is 7.41. The lowest BCUT2D eigenvalue weighted by Crippen LogP contribution is -2.21.